The molecule has 2 aromatic rings. The fraction of sp³-hybridized carbons (Fsp3) is 0.267. The summed E-state index contributed by atoms with van der Waals surface area (Å²) in [5.41, 5.74) is 1.61. The number of nitrogens with zero attached hydrogens (tertiary/aromatic N) is 2. The molecule has 0 saturated carbocycles. The Morgan fingerprint density at radius 3 is 2.70 bits per heavy atom. The molecule has 1 N–H and O–H groups in total. The molecule has 0 fully saturated rings. The van der Waals surface area contributed by atoms with Crippen molar-refractivity contribution in [3.63, 3.8) is 0 Å². The second kappa shape index (κ2) is 6.14. The number of para-hydroxylation sites is 1. The number of benzene rings is 1. The van der Waals surface area contributed by atoms with Crippen LogP contribution in [0.3, 0.4) is 0 Å². The highest BCUT2D eigenvalue weighted by Crippen LogP contribution is 2.27. The Bertz CT molecular complexity index is 626. The van der Waals surface area contributed by atoms with Gasteiger partial charge in [-0.15, -0.1) is 0 Å². The summed E-state index contributed by atoms with van der Waals surface area (Å²) in [5, 5.41) is 8.77. The molecule has 5 heteroatoms. The first kappa shape index (κ1) is 14.0. The van der Waals surface area contributed by atoms with Gasteiger partial charge in [0.1, 0.15) is 11.6 Å². The Morgan fingerprint density at radius 1 is 1.25 bits per heavy atom. The van der Waals surface area contributed by atoms with Crippen LogP contribution in [0.15, 0.2) is 30.5 Å². The van der Waals surface area contributed by atoms with Gasteiger partial charge in [0.25, 0.3) is 0 Å². The van der Waals surface area contributed by atoms with Crippen molar-refractivity contribution in [2.45, 2.75) is 26.7 Å². The maximum absolute atomic E-state index is 10.7. The van der Waals surface area contributed by atoms with Crippen LogP contribution in [-0.4, -0.2) is 21.0 Å². The molecule has 1 aromatic carbocycles. The molecule has 0 saturated heterocycles. The number of carboxylic acid groups (broad SMARTS) is 1. The number of hydrogen-bond acceptors (Lipinski definition) is 4. The molecule has 0 aliphatic rings. The van der Waals surface area contributed by atoms with Gasteiger partial charge in [-0.1, -0.05) is 18.2 Å². The van der Waals surface area contributed by atoms with Gasteiger partial charge in [0, 0.05) is 6.42 Å². The van der Waals surface area contributed by atoms with Crippen LogP contribution in [0.1, 0.15) is 23.5 Å². The Labute approximate surface area is 117 Å². The molecule has 0 spiro atoms. The summed E-state index contributed by atoms with van der Waals surface area (Å²) < 4.78 is 5.81. The van der Waals surface area contributed by atoms with Crippen molar-refractivity contribution in [2.75, 3.05) is 0 Å². The SMILES string of the molecule is Cc1ncc(Oc2ccccc2CCC(=O)O)c(C)n1. The normalized spacial score (nSPS) is 10.3. The van der Waals surface area contributed by atoms with E-state index in [0.717, 1.165) is 11.3 Å². The van der Waals surface area contributed by atoms with E-state index in [4.69, 9.17) is 9.84 Å². The van der Waals surface area contributed by atoms with Crippen LogP contribution in [0.25, 0.3) is 0 Å². The Morgan fingerprint density at radius 2 is 2.00 bits per heavy atom. The van der Waals surface area contributed by atoms with Crippen LogP contribution >= 0.6 is 0 Å². The van der Waals surface area contributed by atoms with E-state index in [-0.39, 0.29) is 6.42 Å². The quantitative estimate of drug-likeness (QED) is 0.906. The average molecular weight is 272 g/mol. The van der Waals surface area contributed by atoms with Gasteiger partial charge in [0.15, 0.2) is 5.75 Å². The highest BCUT2D eigenvalue weighted by molar-refractivity contribution is 5.67. The third-order valence-corrected chi connectivity index (χ3v) is 2.86. The minimum absolute atomic E-state index is 0.0732. The Kier molecular flexibility index (Phi) is 4.30. The molecule has 1 aromatic heterocycles. The van der Waals surface area contributed by atoms with Crippen molar-refractivity contribution < 1.29 is 14.6 Å². The van der Waals surface area contributed by atoms with Gasteiger partial charge >= 0.3 is 5.97 Å². The van der Waals surface area contributed by atoms with E-state index < -0.39 is 5.97 Å². The number of aliphatic carboxylic acids is 1. The molecule has 2 rings (SSSR count). The number of aryl methyl sites for hydroxylation is 3. The molecule has 5 nitrogen and oxygen atoms in total. The smallest absolute Gasteiger partial charge is 0.303 e. The van der Waals surface area contributed by atoms with Crippen molar-refractivity contribution in [3.8, 4) is 11.5 Å². The Hall–Kier alpha value is -2.43. The van der Waals surface area contributed by atoms with Gasteiger partial charge in [0.05, 0.1) is 11.9 Å². The predicted octanol–water partition coefficient (Wildman–Crippen LogP) is 2.90. The zero-order valence-corrected chi connectivity index (χ0v) is 11.5. The fourth-order valence-electron chi connectivity index (χ4n) is 1.84. The van der Waals surface area contributed by atoms with Gasteiger partial charge in [-0.2, -0.15) is 0 Å². The van der Waals surface area contributed by atoms with Gasteiger partial charge < -0.3 is 9.84 Å². The van der Waals surface area contributed by atoms with Gasteiger partial charge in [-0.25, -0.2) is 9.97 Å². The third-order valence-electron chi connectivity index (χ3n) is 2.86. The van der Waals surface area contributed by atoms with E-state index in [1.54, 1.807) is 6.20 Å². The van der Waals surface area contributed by atoms with Crippen molar-refractivity contribution in [1.29, 1.82) is 0 Å². The summed E-state index contributed by atoms with van der Waals surface area (Å²) in [4.78, 5) is 19.0. The lowest BCUT2D eigenvalue weighted by atomic mass is 10.1. The maximum Gasteiger partial charge on any atom is 0.303 e. The lowest BCUT2D eigenvalue weighted by Crippen LogP contribution is -2.00. The van der Waals surface area contributed by atoms with E-state index in [0.29, 0.717) is 23.7 Å². The predicted molar refractivity (Wildman–Crippen MR) is 74.0 cm³/mol. The van der Waals surface area contributed by atoms with E-state index in [1.807, 2.05) is 38.1 Å². The number of carbonyl (C=O) groups is 1. The summed E-state index contributed by atoms with van der Waals surface area (Å²) in [7, 11) is 0. The van der Waals surface area contributed by atoms with E-state index >= 15 is 0 Å². The summed E-state index contributed by atoms with van der Waals surface area (Å²) in [5.74, 6) is 1.09. The summed E-state index contributed by atoms with van der Waals surface area (Å²) >= 11 is 0. The van der Waals surface area contributed by atoms with Crippen molar-refractivity contribution in [1.82, 2.24) is 9.97 Å². The number of hydrogen-bond donors (Lipinski definition) is 1. The molecule has 0 radical (unpaired) electrons. The lowest BCUT2D eigenvalue weighted by molar-refractivity contribution is -0.136. The van der Waals surface area contributed by atoms with Crippen LogP contribution in [0.5, 0.6) is 11.5 Å². The van der Waals surface area contributed by atoms with Crippen LogP contribution in [-0.2, 0) is 11.2 Å². The maximum atomic E-state index is 10.7. The fourth-order valence-corrected chi connectivity index (χ4v) is 1.84. The van der Waals surface area contributed by atoms with Crippen LogP contribution in [0.4, 0.5) is 0 Å². The van der Waals surface area contributed by atoms with Crippen LogP contribution in [0, 0.1) is 13.8 Å². The van der Waals surface area contributed by atoms with Crippen LogP contribution < -0.4 is 4.74 Å². The molecule has 0 amide bonds. The highest BCUT2D eigenvalue weighted by atomic mass is 16.5. The second-order valence-electron chi connectivity index (χ2n) is 4.47. The number of ether oxygens (including phenoxy) is 1. The largest absolute Gasteiger partial charge is 0.481 e. The highest BCUT2D eigenvalue weighted by Gasteiger charge is 2.09. The van der Waals surface area contributed by atoms with Gasteiger partial charge in [-0.3, -0.25) is 4.79 Å². The van der Waals surface area contributed by atoms with Crippen molar-refractivity contribution >= 4 is 5.97 Å². The molecule has 0 unspecified atom stereocenters. The summed E-state index contributed by atoms with van der Waals surface area (Å²) in [6.07, 6.45) is 2.13. The van der Waals surface area contributed by atoms with E-state index in [1.165, 1.54) is 0 Å². The van der Waals surface area contributed by atoms with Gasteiger partial charge in [0.2, 0.25) is 0 Å². The van der Waals surface area contributed by atoms with Crippen molar-refractivity contribution in [2.24, 2.45) is 0 Å². The molecule has 1 heterocycles. The minimum Gasteiger partial charge on any atom is -0.481 e. The lowest BCUT2D eigenvalue weighted by Gasteiger charge is -2.11. The van der Waals surface area contributed by atoms with E-state index in [9.17, 15) is 4.79 Å². The van der Waals surface area contributed by atoms with Crippen LogP contribution in [0.2, 0.25) is 0 Å². The summed E-state index contributed by atoms with van der Waals surface area (Å²) in [6, 6.07) is 7.39. The van der Waals surface area contributed by atoms with Gasteiger partial charge in [-0.05, 0) is 31.9 Å². The molecule has 0 aliphatic heterocycles. The zero-order chi connectivity index (χ0) is 14.5. The third kappa shape index (κ3) is 3.54. The molecule has 0 aliphatic carbocycles. The monoisotopic (exact) mass is 272 g/mol. The molecular formula is C15H16N2O3. The first-order valence-electron chi connectivity index (χ1n) is 6.34. The molecule has 0 atom stereocenters. The molecular weight excluding hydrogens is 256 g/mol. The molecule has 0 bridgehead atoms. The first-order valence-corrected chi connectivity index (χ1v) is 6.34. The van der Waals surface area contributed by atoms with E-state index in [2.05, 4.69) is 9.97 Å². The van der Waals surface area contributed by atoms with Crippen molar-refractivity contribution in [3.05, 3.63) is 47.5 Å². The average Bonchev–Trinajstić information content (AvgIpc) is 2.41. The first-order chi connectivity index (χ1) is 9.56. The number of rotatable bonds is 5. The zero-order valence-electron chi connectivity index (χ0n) is 11.5. The number of carboxylic acids is 1. The Balaban J connectivity index is 2.22. The number of aromatic nitrogens is 2. The topological polar surface area (TPSA) is 72.3 Å². The molecule has 104 valence electrons. The standard InChI is InChI=1S/C15H16N2O3/c1-10-14(9-16-11(2)17-10)20-13-6-4-3-5-12(13)7-8-15(18)19/h3-6,9H,7-8H2,1-2H3,(H,18,19). The molecule has 20 heavy (non-hydrogen) atoms. The minimum atomic E-state index is -0.824. The summed E-state index contributed by atoms with van der Waals surface area (Å²) in [6.45, 7) is 3.67. The second-order valence-corrected chi connectivity index (χ2v) is 4.47.